The van der Waals surface area contributed by atoms with Crippen LogP contribution in [-0.4, -0.2) is 0 Å². The van der Waals surface area contributed by atoms with Crippen molar-refractivity contribution in [1.82, 2.24) is 0 Å². The van der Waals surface area contributed by atoms with E-state index < -0.39 is 5.82 Å². The Kier molecular flexibility index (Phi) is 8.20. The predicted octanol–water partition coefficient (Wildman–Crippen LogP) is 9.53. The molecule has 0 unspecified atom stereocenters. The number of benzene rings is 3. The van der Waals surface area contributed by atoms with Gasteiger partial charge in [0.2, 0.25) is 0 Å². The number of hydrogen-bond donors (Lipinski definition) is 0. The van der Waals surface area contributed by atoms with Crippen molar-refractivity contribution in [1.29, 1.82) is 0 Å². The Morgan fingerprint density at radius 2 is 1.52 bits per heavy atom. The van der Waals surface area contributed by atoms with Crippen LogP contribution in [0.25, 0.3) is 11.1 Å². The monoisotopic (exact) mass is 466 g/mol. The van der Waals surface area contributed by atoms with Gasteiger partial charge in [0.1, 0.15) is 11.6 Å². The van der Waals surface area contributed by atoms with Gasteiger partial charge >= 0.3 is 0 Å². The predicted molar refractivity (Wildman–Crippen MR) is 135 cm³/mol. The molecule has 0 bridgehead atoms. The zero-order chi connectivity index (χ0) is 23.2. The summed E-state index contributed by atoms with van der Waals surface area (Å²) in [5.41, 5.74) is 4.88. The molecule has 3 heteroatoms. The molecule has 0 amide bonds. The summed E-state index contributed by atoms with van der Waals surface area (Å²) in [7, 11) is 0. The third kappa shape index (κ3) is 6.23. The van der Waals surface area contributed by atoms with E-state index in [1.165, 1.54) is 68.2 Å². The second-order valence-corrected chi connectivity index (χ2v) is 9.95. The van der Waals surface area contributed by atoms with Crippen LogP contribution in [-0.2, 0) is 12.8 Å². The van der Waals surface area contributed by atoms with Gasteiger partial charge in [-0.25, -0.2) is 8.78 Å². The van der Waals surface area contributed by atoms with Gasteiger partial charge in [-0.05, 0) is 104 Å². The van der Waals surface area contributed by atoms with Crippen LogP contribution in [0.4, 0.5) is 8.78 Å². The standard InChI is InChI=1S/C30H33ClF2/c1-2-3-4-21-7-12-24(13-8-21)25-14-9-22(10-15-25)5-6-23-11-17-27(29(32)19-23)26-16-18-28(31)30(33)20-26/h7-8,11-13,16-20,22,25H,2-6,9-10,14-15H2,1H3. The van der Waals surface area contributed by atoms with Gasteiger partial charge < -0.3 is 0 Å². The first kappa shape index (κ1) is 24.0. The van der Waals surface area contributed by atoms with Gasteiger partial charge in [0.25, 0.3) is 0 Å². The normalized spacial score (nSPS) is 18.4. The summed E-state index contributed by atoms with van der Waals surface area (Å²) in [5.74, 6) is 0.553. The lowest BCUT2D eigenvalue weighted by Crippen LogP contribution is -2.14. The van der Waals surface area contributed by atoms with E-state index >= 15 is 0 Å². The van der Waals surface area contributed by atoms with Crippen LogP contribution in [0.3, 0.4) is 0 Å². The molecule has 3 aromatic carbocycles. The topological polar surface area (TPSA) is 0 Å². The van der Waals surface area contributed by atoms with Gasteiger partial charge in [-0.15, -0.1) is 0 Å². The molecule has 1 saturated carbocycles. The SMILES string of the molecule is CCCCc1ccc(C2CCC(CCc3ccc(-c4ccc(Cl)c(F)c4)c(F)c3)CC2)cc1. The quantitative estimate of drug-likeness (QED) is 0.310. The van der Waals surface area contributed by atoms with Crippen molar-refractivity contribution < 1.29 is 8.78 Å². The van der Waals surface area contributed by atoms with E-state index in [1.807, 2.05) is 6.07 Å². The first-order valence-corrected chi connectivity index (χ1v) is 12.7. The van der Waals surface area contributed by atoms with Crippen LogP contribution in [0.2, 0.25) is 5.02 Å². The molecule has 174 valence electrons. The van der Waals surface area contributed by atoms with Crippen molar-refractivity contribution >= 4 is 11.6 Å². The maximum Gasteiger partial charge on any atom is 0.142 e. The van der Waals surface area contributed by atoms with E-state index in [1.54, 1.807) is 18.2 Å². The van der Waals surface area contributed by atoms with Gasteiger partial charge in [-0.2, -0.15) is 0 Å². The Hall–Kier alpha value is -2.19. The first-order chi connectivity index (χ1) is 16.0. The van der Waals surface area contributed by atoms with Crippen molar-refractivity contribution in [3.63, 3.8) is 0 Å². The Balaban J connectivity index is 1.28. The summed E-state index contributed by atoms with van der Waals surface area (Å²) < 4.78 is 28.5. The van der Waals surface area contributed by atoms with Crippen molar-refractivity contribution in [3.05, 3.63) is 94.0 Å². The lowest BCUT2D eigenvalue weighted by atomic mass is 9.76. The minimum absolute atomic E-state index is 0.0505. The van der Waals surface area contributed by atoms with Gasteiger partial charge in [0.05, 0.1) is 5.02 Å². The lowest BCUT2D eigenvalue weighted by molar-refractivity contribution is 0.310. The first-order valence-electron chi connectivity index (χ1n) is 12.4. The Morgan fingerprint density at radius 1 is 0.788 bits per heavy atom. The van der Waals surface area contributed by atoms with E-state index in [2.05, 4.69) is 31.2 Å². The Bertz CT molecular complexity index is 1050. The summed E-state index contributed by atoms with van der Waals surface area (Å²) in [5, 5.41) is 0.0505. The highest BCUT2D eigenvalue weighted by Gasteiger charge is 2.22. The van der Waals surface area contributed by atoms with Crippen molar-refractivity contribution in [2.75, 3.05) is 0 Å². The highest BCUT2D eigenvalue weighted by atomic mass is 35.5. The second-order valence-electron chi connectivity index (χ2n) is 9.54. The van der Waals surface area contributed by atoms with Crippen LogP contribution in [0, 0.1) is 17.6 Å². The smallest absolute Gasteiger partial charge is 0.142 e. The second kappa shape index (κ2) is 11.3. The molecular weight excluding hydrogens is 434 g/mol. The van der Waals surface area contributed by atoms with Crippen LogP contribution in [0.1, 0.15) is 74.5 Å². The maximum absolute atomic E-state index is 14.7. The molecular formula is C30H33ClF2. The van der Waals surface area contributed by atoms with Gasteiger partial charge in [-0.1, -0.05) is 67.4 Å². The van der Waals surface area contributed by atoms with Crippen molar-refractivity contribution in [3.8, 4) is 11.1 Å². The number of hydrogen-bond acceptors (Lipinski definition) is 0. The summed E-state index contributed by atoms with van der Waals surface area (Å²) in [6.07, 6.45) is 10.6. The van der Waals surface area contributed by atoms with E-state index in [0.29, 0.717) is 23.0 Å². The summed E-state index contributed by atoms with van der Waals surface area (Å²) in [4.78, 5) is 0. The molecule has 1 fully saturated rings. The van der Waals surface area contributed by atoms with Crippen LogP contribution in [0.5, 0.6) is 0 Å². The molecule has 4 rings (SSSR count). The molecule has 0 spiro atoms. The van der Waals surface area contributed by atoms with Crippen LogP contribution in [0.15, 0.2) is 60.7 Å². The molecule has 33 heavy (non-hydrogen) atoms. The third-order valence-corrected chi connectivity index (χ3v) is 7.53. The van der Waals surface area contributed by atoms with Gasteiger partial charge in [0.15, 0.2) is 0 Å². The third-order valence-electron chi connectivity index (χ3n) is 7.22. The average Bonchev–Trinajstić information content (AvgIpc) is 2.84. The molecule has 3 aromatic rings. The van der Waals surface area contributed by atoms with Gasteiger partial charge in [0, 0.05) is 5.56 Å². The molecule has 0 heterocycles. The molecule has 1 aliphatic rings. The Labute approximate surface area is 202 Å². The number of unbranched alkanes of at least 4 members (excludes halogenated alkanes) is 1. The summed E-state index contributed by atoms with van der Waals surface area (Å²) in [6, 6.07) is 19.1. The molecule has 0 aromatic heterocycles. The lowest BCUT2D eigenvalue weighted by Gasteiger charge is -2.29. The van der Waals surface area contributed by atoms with Crippen LogP contribution < -0.4 is 0 Å². The zero-order valence-electron chi connectivity index (χ0n) is 19.4. The minimum atomic E-state index is -0.527. The summed E-state index contributed by atoms with van der Waals surface area (Å²) in [6.45, 7) is 2.24. The fourth-order valence-electron chi connectivity index (χ4n) is 5.10. The largest absolute Gasteiger partial charge is 0.206 e. The molecule has 0 atom stereocenters. The number of halogens is 3. The fourth-order valence-corrected chi connectivity index (χ4v) is 5.22. The molecule has 0 radical (unpaired) electrons. The fraction of sp³-hybridized carbons (Fsp3) is 0.400. The molecule has 0 nitrogen and oxygen atoms in total. The van der Waals surface area contributed by atoms with E-state index in [-0.39, 0.29) is 10.8 Å². The van der Waals surface area contributed by atoms with Crippen molar-refractivity contribution in [2.45, 2.75) is 70.6 Å². The number of aryl methyl sites for hydroxylation is 2. The Morgan fingerprint density at radius 3 is 2.18 bits per heavy atom. The van der Waals surface area contributed by atoms with E-state index in [9.17, 15) is 8.78 Å². The zero-order valence-corrected chi connectivity index (χ0v) is 20.2. The molecule has 1 aliphatic carbocycles. The molecule has 0 aliphatic heterocycles. The minimum Gasteiger partial charge on any atom is -0.206 e. The average molecular weight is 467 g/mol. The van der Waals surface area contributed by atoms with E-state index in [4.69, 9.17) is 11.6 Å². The number of rotatable bonds is 8. The molecule has 0 N–H and O–H groups in total. The van der Waals surface area contributed by atoms with Crippen molar-refractivity contribution in [2.24, 2.45) is 5.92 Å². The van der Waals surface area contributed by atoms with Gasteiger partial charge in [-0.3, -0.25) is 0 Å². The van der Waals surface area contributed by atoms with Crippen LogP contribution >= 0.6 is 11.6 Å². The molecule has 0 saturated heterocycles. The highest BCUT2D eigenvalue weighted by molar-refractivity contribution is 6.30. The van der Waals surface area contributed by atoms with E-state index in [0.717, 1.165) is 18.4 Å². The highest BCUT2D eigenvalue weighted by Crippen LogP contribution is 2.38. The maximum atomic E-state index is 14.7. The summed E-state index contributed by atoms with van der Waals surface area (Å²) >= 11 is 5.75.